The number of ketones is 1. The molecule has 0 spiro atoms. The summed E-state index contributed by atoms with van der Waals surface area (Å²) in [6.45, 7) is 2.09. The average molecular weight is 206 g/mol. The van der Waals surface area contributed by atoms with E-state index in [9.17, 15) is 4.79 Å². The maximum Gasteiger partial charge on any atom is 0.316 e. The van der Waals surface area contributed by atoms with Crippen molar-refractivity contribution in [3.8, 4) is 6.01 Å². The summed E-state index contributed by atoms with van der Waals surface area (Å²) in [5, 5.41) is 0. The van der Waals surface area contributed by atoms with Gasteiger partial charge in [0.15, 0.2) is 0 Å². The molecule has 1 aliphatic rings. The Hall–Kier alpha value is -1.45. The molecule has 4 nitrogen and oxygen atoms in total. The number of rotatable bonds is 2. The van der Waals surface area contributed by atoms with Crippen molar-refractivity contribution in [2.75, 3.05) is 7.11 Å². The van der Waals surface area contributed by atoms with Crippen LogP contribution in [0.2, 0.25) is 0 Å². The smallest absolute Gasteiger partial charge is 0.316 e. The van der Waals surface area contributed by atoms with Crippen molar-refractivity contribution < 1.29 is 9.53 Å². The lowest BCUT2D eigenvalue weighted by Crippen LogP contribution is -2.18. The zero-order valence-corrected chi connectivity index (χ0v) is 8.99. The van der Waals surface area contributed by atoms with Crippen LogP contribution in [0.4, 0.5) is 0 Å². The van der Waals surface area contributed by atoms with E-state index < -0.39 is 0 Å². The molecule has 2 rings (SSSR count). The topological polar surface area (TPSA) is 52.1 Å². The van der Waals surface area contributed by atoms with Gasteiger partial charge in [-0.2, -0.15) is 0 Å². The Morgan fingerprint density at radius 1 is 1.40 bits per heavy atom. The molecule has 1 heterocycles. The number of methoxy groups -OCH3 is 1. The molecule has 0 bridgehead atoms. The Balaban J connectivity index is 2.25. The van der Waals surface area contributed by atoms with Gasteiger partial charge in [-0.05, 0) is 12.0 Å². The fourth-order valence-corrected chi connectivity index (χ4v) is 2.01. The number of ether oxygens (including phenoxy) is 1. The van der Waals surface area contributed by atoms with Crippen LogP contribution in [0, 0.1) is 0 Å². The van der Waals surface area contributed by atoms with Gasteiger partial charge < -0.3 is 4.74 Å². The molecule has 0 saturated heterocycles. The van der Waals surface area contributed by atoms with Crippen molar-refractivity contribution in [1.29, 1.82) is 0 Å². The molecule has 15 heavy (non-hydrogen) atoms. The number of hydrogen-bond acceptors (Lipinski definition) is 4. The van der Waals surface area contributed by atoms with Crippen LogP contribution >= 0.6 is 0 Å². The Bertz CT molecular complexity index is 375. The first-order valence-electron chi connectivity index (χ1n) is 5.02. The minimum Gasteiger partial charge on any atom is -0.467 e. The average Bonchev–Trinajstić information content (AvgIpc) is 2.60. The number of hydrogen-bond donors (Lipinski definition) is 0. The van der Waals surface area contributed by atoms with Gasteiger partial charge in [0, 0.05) is 30.7 Å². The minimum absolute atomic E-state index is 0.0800. The van der Waals surface area contributed by atoms with Crippen molar-refractivity contribution in [3.63, 3.8) is 0 Å². The molecule has 1 fully saturated rings. The van der Waals surface area contributed by atoms with Gasteiger partial charge in [-0.3, -0.25) is 4.79 Å². The van der Waals surface area contributed by atoms with Gasteiger partial charge in [-0.1, -0.05) is 6.92 Å². The first-order valence-corrected chi connectivity index (χ1v) is 5.02. The predicted octanol–water partition coefficient (Wildman–Crippen LogP) is 1.50. The van der Waals surface area contributed by atoms with Crippen LogP contribution in [0.3, 0.4) is 0 Å². The van der Waals surface area contributed by atoms with Crippen LogP contribution in [0.1, 0.15) is 31.7 Å². The van der Waals surface area contributed by atoms with E-state index in [-0.39, 0.29) is 5.41 Å². The van der Waals surface area contributed by atoms with Gasteiger partial charge in [0.2, 0.25) is 0 Å². The molecule has 1 aliphatic carbocycles. The van der Waals surface area contributed by atoms with Crippen LogP contribution in [0.5, 0.6) is 6.01 Å². The highest BCUT2D eigenvalue weighted by Gasteiger charge is 2.35. The van der Waals surface area contributed by atoms with Crippen molar-refractivity contribution >= 4 is 5.78 Å². The molecule has 0 amide bonds. The summed E-state index contributed by atoms with van der Waals surface area (Å²) in [6, 6.07) is 0.367. The highest BCUT2D eigenvalue weighted by atomic mass is 16.5. The Labute approximate surface area is 88.7 Å². The second kappa shape index (κ2) is 3.61. The monoisotopic (exact) mass is 206 g/mol. The minimum atomic E-state index is -0.0800. The first-order chi connectivity index (χ1) is 7.14. The lowest BCUT2D eigenvalue weighted by Gasteiger charge is -2.21. The Kier molecular flexibility index (Phi) is 2.42. The van der Waals surface area contributed by atoms with Gasteiger partial charge in [-0.15, -0.1) is 0 Å². The predicted molar refractivity (Wildman–Crippen MR) is 54.8 cm³/mol. The lowest BCUT2D eigenvalue weighted by molar-refractivity contribution is -0.117. The highest BCUT2D eigenvalue weighted by Crippen LogP contribution is 2.38. The molecule has 4 heteroatoms. The molecule has 80 valence electrons. The maximum absolute atomic E-state index is 11.3. The second-order valence-electron chi connectivity index (χ2n) is 4.23. The van der Waals surface area contributed by atoms with E-state index in [1.165, 1.54) is 7.11 Å². The van der Waals surface area contributed by atoms with Crippen LogP contribution in [0.25, 0.3) is 0 Å². The SMILES string of the molecule is COc1ncc(C2(C)CCC(=O)C2)cn1. The number of nitrogens with zero attached hydrogens (tertiary/aromatic N) is 2. The first kappa shape index (κ1) is 10.1. The van der Waals surface area contributed by atoms with E-state index in [0.717, 1.165) is 12.0 Å². The third-order valence-electron chi connectivity index (χ3n) is 3.05. The summed E-state index contributed by atoms with van der Waals surface area (Å²) in [4.78, 5) is 19.4. The summed E-state index contributed by atoms with van der Waals surface area (Å²) >= 11 is 0. The van der Waals surface area contributed by atoms with Crippen LogP contribution in [0.15, 0.2) is 12.4 Å². The summed E-state index contributed by atoms with van der Waals surface area (Å²) in [6.07, 6.45) is 5.67. The zero-order chi connectivity index (χ0) is 10.9. The molecule has 1 saturated carbocycles. The summed E-state index contributed by atoms with van der Waals surface area (Å²) < 4.78 is 4.90. The van der Waals surface area contributed by atoms with Gasteiger partial charge >= 0.3 is 6.01 Å². The molecule has 1 aromatic rings. The van der Waals surface area contributed by atoms with Crippen molar-refractivity contribution in [3.05, 3.63) is 18.0 Å². The van der Waals surface area contributed by atoms with Gasteiger partial charge in [-0.25, -0.2) is 9.97 Å². The lowest BCUT2D eigenvalue weighted by atomic mass is 9.83. The van der Waals surface area contributed by atoms with Crippen LogP contribution in [-0.2, 0) is 10.2 Å². The molecule has 0 aliphatic heterocycles. The maximum atomic E-state index is 11.3. The van der Waals surface area contributed by atoms with E-state index in [0.29, 0.717) is 24.6 Å². The van der Waals surface area contributed by atoms with Crippen molar-refractivity contribution in [2.45, 2.75) is 31.6 Å². The van der Waals surface area contributed by atoms with Crippen molar-refractivity contribution in [2.24, 2.45) is 0 Å². The van der Waals surface area contributed by atoms with Crippen LogP contribution in [-0.4, -0.2) is 22.9 Å². The van der Waals surface area contributed by atoms with Gasteiger partial charge in [0.25, 0.3) is 0 Å². The zero-order valence-electron chi connectivity index (χ0n) is 8.99. The molecule has 0 aromatic carbocycles. The van der Waals surface area contributed by atoms with E-state index in [2.05, 4.69) is 16.9 Å². The van der Waals surface area contributed by atoms with E-state index in [4.69, 9.17) is 4.74 Å². The largest absolute Gasteiger partial charge is 0.467 e. The Morgan fingerprint density at radius 2 is 2.07 bits per heavy atom. The second-order valence-corrected chi connectivity index (χ2v) is 4.23. The van der Waals surface area contributed by atoms with Gasteiger partial charge in [0.1, 0.15) is 5.78 Å². The molecule has 1 aromatic heterocycles. The molecule has 1 unspecified atom stereocenters. The summed E-state index contributed by atoms with van der Waals surface area (Å²) in [5.41, 5.74) is 0.942. The third kappa shape index (κ3) is 1.84. The molecule has 0 N–H and O–H groups in total. The number of carbonyl (C=O) groups is 1. The van der Waals surface area contributed by atoms with Gasteiger partial charge in [0.05, 0.1) is 7.11 Å². The normalized spacial score (nSPS) is 25.6. The van der Waals surface area contributed by atoms with E-state index in [1.807, 2.05) is 0 Å². The van der Waals surface area contributed by atoms with Crippen LogP contribution < -0.4 is 4.74 Å². The number of carbonyl (C=O) groups excluding carboxylic acids is 1. The molecule has 1 atom stereocenters. The van der Waals surface area contributed by atoms with E-state index >= 15 is 0 Å². The quantitative estimate of drug-likeness (QED) is 0.735. The number of aromatic nitrogens is 2. The molecule has 0 radical (unpaired) electrons. The summed E-state index contributed by atoms with van der Waals surface area (Å²) in [5.74, 6) is 0.327. The fourth-order valence-electron chi connectivity index (χ4n) is 2.01. The standard InChI is InChI=1S/C11H14N2O2/c1-11(4-3-9(14)5-11)8-6-12-10(15-2)13-7-8/h6-7H,3-5H2,1-2H3. The third-order valence-corrected chi connectivity index (χ3v) is 3.05. The summed E-state index contributed by atoms with van der Waals surface area (Å²) in [7, 11) is 1.54. The highest BCUT2D eigenvalue weighted by molar-refractivity contribution is 5.82. The van der Waals surface area contributed by atoms with Crippen molar-refractivity contribution in [1.82, 2.24) is 9.97 Å². The molecular weight excluding hydrogens is 192 g/mol. The van der Waals surface area contributed by atoms with E-state index in [1.54, 1.807) is 12.4 Å². The fraction of sp³-hybridized carbons (Fsp3) is 0.545. The number of Topliss-reactive ketones (excluding diaryl/α,β-unsaturated/α-hetero) is 1. The Morgan fingerprint density at radius 3 is 2.53 bits per heavy atom. The molecular formula is C11H14N2O2.